The topological polar surface area (TPSA) is 129 Å². The Morgan fingerprint density at radius 2 is 1.61 bits per heavy atom. The van der Waals surface area contributed by atoms with Crippen molar-refractivity contribution in [1.82, 2.24) is 4.57 Å². The number of rotatable bonds is 6. The SMILES string of the molecule is N=C(N)c1ccc2c(ccn2Cc2ccccc2-c2cc(C(=O)O)ccc2C(=O)O)c1. The minimum atomic E-state index is -1.12. The molecule has 4 aromatic rings. The third-order valence-electron chi connectivity index (χ3n) is 5.23. The van der Waals surface area contributed by atoms with E-state index in [1.807, 2.05) is 41.1 Å². The molecule has 0 saturated carbocycles. The van der Waals surface area contributed by atoms with Crippen LogP contribution in [0.15, 0.2) is 72.9 Å². The first-order chi connectivity index (χ1) is 14.8. The molecule has 7 nitrogen and oxygen atoms in total. The predicted octanol–water partition coefficient (Wildman–Crippen LogP) is 4.04. The first-order valence-electron chi connectivity index (χ1n) is 9.47. The quantitative estimate of drug-likeness (QED) is 0.280. The molecule has 154 valence electrons. The Labute approximate surface area is 177 Å². The van der Waals surface area contributed by atoms with Gasteiger partial charge in [0.2, 0.25) is 0 Å². The number of amidine groups is 1. The van der Waals surface area contributed by atoms with Crippen molar-refractivity contribution in [3.05, 3.63) is 95.2 Å². The van der Waals surface area contributed by atoms with Gasteiger partial charge >= 0.3 is 11.9 Å². The number of aromatic nitrogens is 1. The van der Waals surface area contributed by atoms with Crippen LogP contribution >= 0.6 is 0 Å². The number of fused-ring (bicyclic) bond motifs is 1. The highest BCUT2D eigenvalue weighted by Gasteiger charge is 2.17. The molecule has 0 amide bonds. The molecule has 0 aliphatic carbocycles. The van der Waals surface area contributed by atoms with Crippen LogP contribution in [0.2, 0.25) is 0 Å². The number of aromatic carboxylic acids is 2. The second-order valence-electron chi connectivity index (χ2n) is 7.16. The number of nitrogens with one attached hydrogen (secondary N) is 1. The summed E-state index contributed by atoms with van der Waals surface area (Å²) in [5, 5.41) is 27.5. The lowest BCUT2D eigenvalue weighted by atomic mass is 9.93. The van der Waals surface area contributed by atoms with Crippen molar-refractivity contribution < 1.29 is 19.8 Å². The molecule has 0 bridgehead atoms. The molecule has 0 radical (unpaired) electrons. The van der Waals surface area contributed by atoms with Crippen LogP contribution in [-0.2, 0) is 6.54 Å². The summed E-state index contributed by atoms with van der Waals surface area (Å²) in [7, 11) is 0. The zero-order valence-corrected chi connectivity index (χ0v) is 16.4. The van der Waals surface area contributed by atoms with Gasteiger partial charge in [-0.25, -0.2) is 9.59 Å². The first kappa shape index (κ1) is 19.9. The number of carboxylic acids is 2. The normalized spacial score (nSPS) is 10.8. The van der Waals surface area contributed by atoms with Crippen LogP contribution < -0.4 is 5.73 Å². The zero-order chi connectivity index (χ0) is 22.1. The van der Waals surface area contributed by atoms with Crippen molar-refractivity contribution in [1.29, 1.82) is 5.41 Å². The minimum Gasteiger partial charge on any atom is -0.478 e. The van der Waals surface area contributed by atoms with E-state index in [9.17, 15) is 19.8 Å². The smallest absolute Gasteiger partial charge is 0.336 e. The zero-order valence-electron chi connectivity index (χ0n) is 16.4. The minimum absolute atomic E-state index is 0.000456. The van der Waals surface area contributed by atoms with E-state index < -0.39 is 11.9 Å². The number of hydrogen-bond acceptors (Lipinski definition) is 3. The molecule has 3 aromatic carbocycles. The van der Waals surface area contributed by atoms with Gasteiger partial charge in [-0.1, -0.05) is 24.3 Å². The average molecular weight is 413 g/mol. The maximum Gasteiger partial charge on any atom is 0.336 e. The highest BCUT2D eigenvalue weighted by Crippen LogP contribution is 2.30. The number of carboxylic acid groups (broad SMARTS) is 2. The number of carbonyl (C=O) groups is 2. The Kier molecular flexibility index (Phi) is 5.00. The molecule has 7 heteroatoms. The van der Waals surface area contributed by atoms with Gasteiger partial charge in [0.05, 0.1) is 11.1 Å². The Morgan fingerprint density at radius 3 is 2.32 bits per heavy atom. The number of nitrogens with zero attached hydrogens (tertiary/aromatic N) is 1. The monoisotopic (exact) mass is 413 g/mol. The molecule has 1 heterocycles. The van der Waals surface area contributed by atoms with Gasteiger partial charge in [0, 0.05) is 29.2 Å². The Morgan fingerprint density at radius 1 is 0.871 bits per heavy atom. The first-order valence-corrected chi connectivity index (χ1v) is 9.47. The maximum absolute atomic E-state index is 11.8. The fraction of sp³-hybridized carbons (Fsp3) is 0.0417. The predicted molar refractivity (Wildman–Crippen MR) is 118 cm³/mol. The molecular weight excluding hydrogens is 394 g/mol. The van der Waals surface area contributed by atoms with Gasteiger partial charge in [0.15, 0.2) is 0 Å². The molecule has 0 aliphatic heterocycles. The van der Waals surface area contributed by atoms with Crippen LogP contribution in [0, 0.1) is 5.41 Å². The Hall–Kier alpha value is -4.39. The lowest BCUT2D eigenvalue weighted by Crippen LogP contribution is -2.10. The van der Waals surface area contributed by atoms with Crippen molar-refractivity contribution in [3.8, 4) is 11.1 Å². The largest absolute Gasteiger partial charge is 0.478 e. The molecule has 5 N–H and O–H groups in total. The fourth-order valence-corrected chi connectivity index (χ4v) is 3.70. The van der Waals surface area contributed by atoms with Crippen molar-refractivity contribution in [3.63, 3.8) is 0 Å². The molecular formula is C24H19N3O4. The van der Waals surface area contributed by atoms with Gasteiger partial charge in [0.25, 0.3) is 0 Å². The number of benzene rings is 3. The summed E-state index contributed by atoms with van der Waals surface area (Å²) in [5.74, 6) is -2.24. The molecule has 1 aromatic heterocycles. The standard InChI is InChI=1S/C24H19N3O4/c25-22(26)15-6-8-21-14(11-15)9-10-27(21)13-17-3-1-2-4-18(17)20-12-16(23(28)29)5-7-19(20)24(30)31/h1-12H,13H2,(H3,25,26)(H,28,29)(H,30,31). The van der Waals surface area contributed by atoms with E-state index in [-0.39, 0.29) is 17.0 Å². The maximum atomic E-state index is 11.8. The summed E-state index contributed by atoms with van der Waals surface area (Å²) >= 11 is 0. The van der Waals surface area contributed by atoms with Crippen LogP contribution in [0.1, 0.15) is 31.8 Å². The number of hydrogen-bond donors (Lipinski definition) is 4. The van der Waals surface area contributed by atoms with Gasteiger partial charge in [-0.15, -0.1) is 0 Å². The van der Waals surface area contributed by atoms with E-state index in [4.69, 9.17) is 11.1 Å². The second-order valence-corrected chi connectivity index (χ2v) is 7.16. The van der Waals surface area contributed by atoms with Crippen molar-refractivity contribution in [2.75, 3.05) is 0 Å². The van der Waals surface area contributed by atoms with Gasteiger partial charge in [-0.05, 0) is 59.2 Å². The molecule has 0 spiro atoms. The average Bonchev–Trinajstić information content (AvgIpc) is 3.15. The van der Waals surface area contributed by atoms with Gasteiger partial charge < -0.3 is 20.5 Å². The molecule has 0 atom stereocenters. The van der Waals surface area contributed by atoms with E-state index in [1.54, 1.807) is 18.2 Å². The van der Waals surface area contributed by atoms with Crippen LogP contribution in [0.25, 0.3) is 22.0 Å². The molecule has 0 unspecified atom stereocenters. The van der Waals surface area contributed by atoms with Crippen molar-refractivity contribution in [2.45, 2.75) is 6.54 Å². The summed E-state index contributed by atoms with van der Waals surface area (Å²) in [4.78, 5) is 23.2. The van der Waals surface area contributed by atoms with Gasteiger partial charge in [-0.3, -0.25) is 5.41 Å². The molecule has 0 saturated heterocycles. The number of nitrogens with two attached hydrogens (primary N) is 1. The molecule has 4 rings (SSSR count). The van der Waals surface area contributed by atoms with E-state index in [0.717, 1.165) is 16.5 Å². The Balaban J connectivity index is 1.82. The number of nitrogen functional groups attached to an aromatic ring is 1. The third kappa shape index (κ3) is 3.76. The summed E-state index contributed by atoms with van der Waals surface area (Å²) < 4.78 is 2.01. The highest BCUT2D eigenvalue weighted by atomic mass is 16.4. The van der Waals surface area contributed by atoms with E-state index in [1.165, 1.54) is 18.2 Å². The van der Waals surface area contributed by atoms with Crippen LogP contribution in [0.4, 0.5) is 0 Å². The van der Waals surface area contributed by atoms with E-state index >= 15 is 0 Å². The second kappa shape index (κ2) is 7.79. The highest BCUT2D eigenvalue weighted by molar-refractivity contribution is 6.00. The van der Waals surface area contributed by atoms with E-state index in [0.29, 0.717) is 23.2 Å². The van der Waals surface area contributed by atoms with E-state index in [2.05, 4.69) is 0 Å². The summed E-state index contributed by atoms with van der Waals surface area (Å²) in [6, 6.07) is 18.8. The summed E-state index contributed by atoms with van der Waals surface area (Å²) in [6.45, 7) is 0.454. The Bertz CT molecular complexity index is 1350. The van der Waals surface area contributed by atoms with Crippen LogP contribution in [0.5, 0.6) is 0 Å². The lowest BCUT2D eigenvalue weighted by molar-refractivity contribution is 0.0682. The van der Waals surface area contributed by atoms with Gasteiger partial charge in [-0.2, -0.15) is 0 Å². The fourth-order valence-electron chi connectivity index (χ4n) is 3.70. The van der Waals surface area contributed by atoms with Crippen molar-refractivity contribution >= 4 is 28.7 Å². The van der Waals surface area contributed by atoms with Crippen molar-refractivity contribution in [2.24, 2.45) is 5.73 Å². The summed E-state index contributed by atoms with van der Waals surface area (Å²) in [6.07, 6.45) is 1.91. The molecule has 0 fully saturated rings. The third-order valence-corrected chi connectivity index (χ3v) is 5.23. The molecule has 31 heavy (non-hydrogen) atoms. The molecule has 0 aliphatic rings. The van der Waals surface area contributed by atoms with Gasteiger partial charge in [0.1, 0.15) is 5.84 Å². The van der Waals surface area contributed by atoms with Crippen LogP contribution in [0.3, 0.4) is 0 Å². The lowest BCUT2D eigenvalue weighted by Gasteiger charge is -2.14. The summed E-state index contributed by atoms with van der Waals surface area (Å²) in [5.41, 5.74) is 9.09. The van der Waals surface area contributed by atoms with Crippen LogP contribution in [-0.4, -0.2) is 32.6 Å².